The third-order valence-corrected chi connectivity index (χ3v) is 3.87. The van der Waals surface area contributed by atoms with Crippen LogP contribution in [0.5, 0.6) is 5.75 Å². The molecule has 1 aliphatic heterocycles. The van der Waals surface area contributed by atoms with E-state index in [0.29, 0.717) is 17.0 Å². The molecule has 2 aromatic rings. The van der Waals surface area contributed by atoms with Crippen molar-refractivity contribution in [2.24, 2.45) is 0 Å². The van der Waals surface area contributed by atoms with E-state index < -0.39 is 6.10 Å². The van der Waals surface area contributed by atoms with Gasteiger partial charge in [-0.1, -0.05) is 24.3 Å². The Balaban J connectivity index is 1.84. The van der Waals surface area contributed by atoms with Crippen LogP contribution in [0.1, 0.15) is 5.56 Å². The summed E-state index contributed by atoms with van der Waals surface area (Å²) in [5, 5.41) is 2.53. The highest BCUT2D eigenvalue weighted by Crippen LogP contribution is 2.33. The molecular weight excluding hydrogens is 323 g/mol. The highest BCUT2D eigenvalue weighted by atomic mass is 19.1. The fourth-order valence-electron chi connectivity index (χ4n) is 2.57. The minimum absolute atomic E-state index is 0.114. The van der Waals surface area contributed by atoms with Crippen LogP contribution < -0.4 is 15.0 Å². The van der Waals surface area contributed by atoms with Gasteiger partial charge < -0.3 is 15.0 Å². The predicted octanol–water partition coefficient (Wildman–Crippen LogP) is 2.38. The molecule has 0 aliphatic carbocycles. The summed E-state index contributed by atoms with van der Waals surface area (Å²) in [5.41, 5.74) is 1.32. The number of benzene rings is 2. The fraction of sp³-hybridized carbons (Fsp3) is 0.158. The van der Waals surface area contributed by atoms with Gasteiger partial charge in [-0.25, -0.2) is 4.39 Å². The smallest absolute Gasteiger partial charge is 0.262 e. The van der Waals surface area contributed by atoms with Crippen molar-refractivity contribution in [2.75, 3.05) is 18.5 Å². The Bertz CT molecular complexity index is 818. The topological polar surface area (TPSA) is 58.6 Å². The van der Waals surface area contributed by atoms with E-state index in [1.165, 1.54) is 30.2 Å². The van der Waals surface area contributed by atoms with Crippen LogP contribution in [0.25, 0.3) is 6.08 Å². The highest BCUT2D eigenvalue weighted by molar-refractivity contribution is 6.05. The normalized spacial score (nSPS) is 16.2. The number of anilines is 1. The molecule has 1 heterocycles. The van der Waals surface area contributed by atoms with Crippen LogP contribution >= 0.6 is 0 Å². The molecular formula is C19H17FN2O3. The standard InChI is InChI=1S/C19H17FN2O3/c1-21-19(24)17-12-22(15-4-2-3-5-16(15)25-17)18(23)11-8-13-6-9-14(20)10-7-13/h2-11,17H,12H2,1H3,(H,21,24)/b11-8+/t17-/m0/s1. The van der Waals surface area contributed by atoms with Crippen LogP contribution in [0, 0.1) is 5.82 Å². The first-order valence-electron chi connectivity index (χ1n) is 7.81. The minimum atomic E-state index is -0.775. The summed E-state index contributed by atoms with van der Waals surface area (Å²) in [7, 11) is 1.52. The first-order chi connectivity index (χ1) is 12.1. The van der Waals surface area contributed by atoms with Crippen LogP contribution in [0.2, 0.25) is 0 Å². The number of fused-ring (bicyclic) bond motifs is 1. The summed E-state index contributed by atoms with van der Waals surface area (Å²) < 4.78 is 18.6. The second-order valence-electron chi connectivity index (χ2n) is 5.52. The molecule has 128 valence electrons. The van der Waals surface area contributed by atoms with Gasteiger partial charge in [0, 0.05) is 13.1 Å². The fourth-order valence-corrected chi connectivity index (χ4v) is 2.57. The molecule has 0 unspecified atom stereocenters. The molecule has 3 rings (SSSR count). The molecule has 5 nitrogen and oxygen atoms in total. The lowest BCUT2D eigenvalue weighted by Gasteiger charge is -2.33. The molecule has 0 saturated carbocycles. The lowest BCUT2D eigenvalue weighted by molar-refractivity contribution is -0.127. The van der Waals surface area contributed by atoms with Gasteiger partial charge in [0.1, 0.15) is 11.6 Å². The number of rotatable bonds is 3. The maximum absolute atomic E-state index is 12.9. The van der Waals surface area contributed by atoms with E-state index in [-0.39, 0.29) is 24.2 Å². The lowest BCUT2D eigenvalue weighted by atomic mass is 10.1. The number of likely N-dealkylation sites (N-methyl/N-ethyl adjacent to an activating group) is 1. The van der Waals surface area contributed by atoms with Crippen LogP contribution in [-0.4, -0.2) is 31.5 Å². The summed E-state index contributed by atoms with van der Waals surface area (Å²) >= 11 is 0. The van der Waals surface area contributed by atoms with Crippen molar-refractivity contribution in [2.45, 2.75) is 6.10 Å². The lowest BCUT2D eigenvalue weighted by Crippen LogP contribution is -2.49. The second kappa shape index (κ2) is 7.17. The number of nitrogens with zero attached hydrogens (tertiary/aromatic N) is 1. The average molecular weight is 340 g/mol. The van der Waals surface area contributed by atoms with Gasteiger partial charge in [0.15, 0.2) is 6.10 Å². The molecule has 0 aromatic heterocycles. The summed E-state index contributed by atoms with van der Waals surface area (Å²) in [4.78, 5) is 26.1. The van der Waals surface area contributed by atoms with E-state index >= 15 is 0 Å². The van der Waals surface area contributed by atoms with Gasteiger partial charge in [0.25, 0.3) is 11.8 Å². The molecule has 0 spiro atoms. The molecule has 0 radical (unpaired) electrons. The largest absolute Gasteiger partial charge is 0.477 e. The monoisotopic (exact) mass is 340 g/mol. The number of hydrogen-bond donors (Lipinski definition) is 1. The quantitative estimate of drug-likeness (QED) is 0.873. The van der Waals surface area contributed by atoms with Crippen molar-refractivity contribution < 1.29 is 18.7 Å². The molecule has 0 saturated heterocycles. The van der Waals surface area contributed by atoms with Crippen molar-refractivity contribution in [3.8, 4) is 5.75 Å². The molecule has 2 aromatic carbocycles. The number of hydrogen-bond acceptors (Lipinski definition) is 3. The zero-order valence-corrected chi connectivity index (χ0v) is 13.6. The van der Waals surface area contributed by atoms with Crippen molar-refractivity contribution in [3.05, 3.63) is 66.0 Å². The highest BCUT2D eigenvalue weighted by Gasteiger charge is 2.32. The Labute approximate surface area is 144 Å². The maximum Gasteiger partial charge on any atom is 0.262 e. The molecule has 1 aliphatic rings. The summed E-state index contributed by atoms with van der Waals surface area (Å²) in [6, 6.07) is 12.9. The Morgan fingerprint density at radius 2 is 1.92 bits per heavy atom. The van der Waals surface area contributed by atoms with Crippen LogP contribution in [0.4, 0.5) is 10.1 Å². The SMILES string of the molecule is CNC(=O)[C@@H]1CN(C(=O)/C=C/c2ccc(F)cc2)c2ccccc2O1. The summed E-state index contributed by atoms with van der Waals surface area (Å²) in [6.07, 6.45) is 2.23. The zero-order chi connectivity index (χ0) is 17.8. The maximum atomic E-state index is 12.9. The van der Waals surface area contributed by atoms with Crippen molar-refractivity contribution in [1.29, 1.82) is 0 Å². The average Bonchev–Trinajstić information content (AvgIpc) is 2.65. The van der Waals surface area contributed by atoms with Gasteiger partial charge in [0.2, 0.25) is 0 Å². The molecule has 1 N–H and O–H groups in total. The Morgan fingerprint density at radius 3 is 2.64 bits per heavy atom. The van der Waals surface area contributed by atoms with Gasteiger partial charge in [-0.2, -0.15) is 0 Å². The number of para-hydroxylation sites is 2. The molecule has 0 fully saturated rings. The van der Waals surface area contributed by atoms with Crippen LogP contribution in [0.3, 0.4) is 0 Å². The number of ether oxygens (including phenoxy) is 1. The van der Waals surface area contributed by atoms with Gasteiger partial charge >= 0.3 is 0 Å². The first-order valence-corrected chi connectivity index (χ1v) is 7.81. The van der Waals surface area contributed by atoms with E-state index in [4.69, 9.17) is 4.74 Å². The number of carbonyl (C=O) groups is 2. The third kappa shape index (κ3) is 3.68. The Kier molecular flexibility index (Phi) is 4.79. The molecule has 0 bridgehead atoms. The first kappa shape index (κ1) is 16.7. The van der Waals surface area contributed by atoms with Crippen molar-refractivity contribution in [1.82, 2.24) is 5.32 Å². The van der Waals surface area contributed by atoms with E-state index in [1.54, 1.807) is 42.5 Å². The van der Waals surface area contributed by atoms with Crippen molar-refractivity contribution in [3.63, 3.8) is 0 Å². The minimum Gasteiger partial charge on any atom is -0.477 e. The molecule has 6 heteroatoms. The zero-order valence-electron chi connectivity index (χ0n) is 13.6. The summed E-state index contributed by atoms with van der Waals surface area (Å²) in [5.74, 6) is -0.436. The molecule has 25 heavy (non-hydrogen) atoms. The Morgan fingerprint density at radius 1 is 1.20 bits per heavy atom. The van der Waals surface area contributed by atoms with Crippen LogP contribution in [0.15, 0.2) is 54.6 Å². The van der Waals surface area contributed by atoms with Crippen LogP contribution in [-0.2, 0) is 9.59 Å². The number of carbonyl (C=O) groups excluding carboxylic acids is 2. The van der Waals surface area contributed by atoms with E-state index in [1.807, 2.05) is 0 Å². The third-order valence-electron chi connectivity index (χ3n) is 3.87. The van der Waals surface area contributed by atoms with Crippen molar-refractivity contribution >= 4 is 23.6 Å². The van der Waals surface area contributed by atoms with Gasteiger partial charge in [-0.05, 0) is 35.9 Å². The molecule has 2 amide bonds. The number of amides is 2. The second-order valence-corrected chi connectivity index (χ2v) is 5.52. The van der Waals surface area contributed by atoms with Gasteiger partial charge in [-0.3, -0.25) is 9.59 Å². The van der Waals surface area contributed by atoms with E-state index in [0.717, 1.165) is 0 Å². The van der Waals surface area contributed by atoms with Gasteiger partial charge in [0.05, 0.1) is 12.2 Å². The van der Waals surface area contributed by atoms with E-state index in [9.17, 15) is 14.0 Å². The van der Waals surface area contributed by atoms with Gasteiger partial charge in [-0.15, -0.1) is 0 Å². The molecule has 1 atom stereocenters. The summed E-state index contributed by atoms with van der Waals surface area (Å²) in [6.45, 7) is 0.114. The predicted molar refractivity (Wildman–Crippen MR) is 92.7 cm³/mol. The number of nitrogens with one attached hydrogen (secondary N) is 1. The Hall–Kier alpha value is -3.15. The number of halogens is 1. The van der Waals surface area contributed by atoms with E-state index in [2.05, 4.69) is 5.32 Å².